The first-order chi connectivity index (χ1) is 13.7. The first-order valence-corrected chi connectivity index (χ1v) is 9.74. The number of likely N-dealkylation sites (tertiary alicyclic amines) is 1. The Hall–Kier alpha value is -2.99. The van der Waals surface area contributed by atoms with Gasteiger partial charge in [-0.3, -0.25) is 9.69 Å². The van der Waals surface area contributed by atoms with Gasteiger partial charge in [-0.2, -0.15) is 0 Å². The molecule has 28 heavy (non-hydrogen) atoms. The number of anilines is 1. The molecule has 1 aromatic carbocycles. The van der Waals surface area contributed by atoms with Gasteiger partial charge in [0, 0.05) is 55.5 Å². The van der Waals surface area contributed by atoms with E-state index in [9.17, 15) is 4.79 Å². The van der Waals surface area contributed by atoms with Crippen molar-refractivity contribution in [3.63, 3.8) is 0 Å². The molecule has 0 saturated carbocycles. The molecular weight excluding hydrogens is 350 g/mol. The van der Waals surface area contributed by atoms with E-state index in [1.165, 1.54) is 11.9 Å². The lowest BCUT2D eigenvalue weighted by Crippen LogP contribution is -2.46. The summed E-state index contributed by atoms with van der Waals surface area (Å²) in [6.45, 7) is 3.77. The van der Waals surface area contributed by atoms with Gasteiger partial charge in [-0.1, -0.05) is 30.3 Å². The van der Waals surface area contributed by atoms with Crippen molar-refractivity contribution < 1.29 is 0 Å². The van der Waals surface area contributed by atoms with Gasteiger partial charge in [0.2, 0.25) is 0 Å². The molecule has 2 aliphatic heterocycles. The highest BCUT2D eigenvalue weighted by atomic mass is 16.1. The van der Waals surface area contributed by atoms with Gasteiger partial charge in [-0.05, 0) is 24.0 Å². The summed E-state index contributed by atoms with van der Waals surface area (Å²) in [7, 11) is 0. The Morgan fingerprint density at radius 3 is 2.71 bits per heavy atom. The number of fused-ring (bicyclic) bond motifs is 4. The van der Waals surface area contributed by atoms with Gasteiger partial charge in [0.25, 0.3) is 5.56 Å². The maximum Gasteiger partial charge on any atom is 0.251 e. The maximum absolute atomic E-state index is 12.8. The van der Waals surface area contributed by atoms with Crippen LogP contribution in [0.3, 0.4) is 0 Å². The smallest absolute Gasteiger partial charge is 0.251 e. The highest BCUT2D eigenvalue weighted by Crippen LogP contribution is 2.36. The minimum atomic E-state index is 0.0518. The number of benzene rings is 1. The van der Waals surface area contributed by atoms with E-state index in [1.54, 1.807) is 12.1 Å². The van der Waals surface area contributed by atoms with Crippen molar-refractivity contribution in [1.82, 2.24) is 19.4 Å². The van der Waals surface area contributed by atoms with E-state index in [2.05, 4.69) is 51.3 Å². The zero-order chi connectivity index (χ0) is 19.1. The van der Waals surface area contributed by atoms with Crippen LogP contribution >= 0.6 is 0 Å². The molecular formula is C22H23N5O. The van der Waals surface area contributed by atoms with Crippen molar-refractivity contribution in [2.75, 3.05) is 18.8 Å². The lowest BCUT2D eigenvalue weighted by molar-refractivity contribution is 0.114. The van der Waals surface area contributed by atoms with Crippen LogP contribution < -0.4 is 11.3 Å². The summed E-state index contributed by atoms with van der Waals surface area (Å²) in [5.74, 6) is 1.30. The van der Waals surface area contributed by atoms with Crippen LogP contribution in [0.4, 0.5) is 5.82 Å². The van der Waals surface area contributed by atoms with Gasteiger partial charge in [0.05, 0.1) is 5.69 Å². The zero-order valence-corrected chi connectivity index (χ0v) is 15.7. The molecule has 2 aliphatic rings. The fourth-order valence-electron chi connectivity index (χ4n) is 4.71. The third-order valence-electron chi connectivity index (χ3n) is 5.86. The van der Waals surface area contributed by atoms with Gasteiger partial charge in [-0.15, -0.1) is 0 Å². The third kappa shape index (κ3) is 3.20. The van der Waals surface area contributed by atoms with Crippen LogP contribution in [0, 0.1) is 5.92 Å². The molecule has 0 spiro atoms. The number of piperidine rings is 1. The molecule has 0 unspecified atom stereocenters. The molecule has 6 nitrogen and oxygen atoms in total. The summed E-state index contributed by atoms with van der Waals surface area (Å²) in [6, 6.07) is 16.1. The molecule has 0 aliphatic carbocycles. The SMILES string of the molecule is Nc1cc(-c2cc3n(c(=O)c2)C[C@H]2C[C@@H]3CN(Cc3ccccc3)C2)ncn1. The Labute approximate surface area is 163 Å². The minimum absolute atomic E-state index is 0.0518. The Kier molecular flexibility index (Phi) is 4.20. The van der Waals surface area contributed by atoms with E-state index in [0.29, 0.717) is 23.3 Å². The van der Waals surface area contributed by atoms with Crippen molar-refractivity contribution in [3.05, 3.63) is 76.5 Å². The summed E-state index contributed by atoms with van der Waals surface area (Å²) < 4.78 is 1.97. The Morgan fingerprint density at radius 1 is 1.04 bits per heavy atom. The van der Waals surface area contributed by atoms with Crippen LogP contribution in [-0.4, -0.2) is 32.5 Å². The number of nitrogen functional groups attached to an aromatic ring is 1. The van der Waals surface area contributed by atoms with Crippen LogP contribution in [0.25, 0.3) is 11.3 Å². The molecule has 142 valence electrons. The van der Waals surface area contributed by atoms with Gasteiger partial charge in [0.15, 0.2) is 0 Å². The van der Waals surface area contributed by atoms with Gasteiger partial charge in [0.1, 0.15) is 12.1 Å². The van der Waals surface area contributed by atoms with E-state index in [1.807, 2.05) is 4.57 Å². The summed E-state index contributed by atoms with van der Waals surface area (Å²) in [4.78, 5) is 23.6. The minimum Gasteiger partial charge on any atom is -0.384 e. The molecule has 4 heterocycles. The average molecular weight is 373 g/mol. The highest BCUT2D eigenvalue weighted by Gasteiger charge is 2.34. The fraction of sp³-hybridized carbons (Fsp3) is 0.318. The van der Waals surface area contributed by atoms with E-state index < -0.39 is 0 Å². The van der Waals surface area contributed by atoms with E-state index >= 15 is 0 Å². The number of aromatic nitrogens is 3. The number of nitrogens with two attached hydrogens (primary N) is 1. The van der Waals surface area contributed by atoms with Crippen molar-refractivity contribution >= 4 is 5.82 Å². The second-order valence-corrected chi connectivity index (χ2v) is 7.92. The van der Waals surface area contributed by atoms with Gasteiger partial charge in [-0.25, -0.2) is 9.97 Å². The first-order valence-electron chi connectivity index (χ1n) is 9.74. The number of nitrogens with zero attached hydrogens (tertiary/aromatic N) is 4. The molecule has 3 aromatic rings. The summed E-state index contributed by atoms with van der Waals surface area (Å²) >= 11 is 0. The maximum atomic E-state index is 12.8. The molecule has 2 atom stereocenters. The monoisotopic (exact) mass is 373 g/mol. The first kappa shape index (κ1) is 17.1. The largest absolute Gasteiger partial charge is 0.384 e. The predicted octanol–water partition coefficient (Wildman–Crippen LogP) is 2.51. The highest BCUT2D eigenvalue weighted by molar-refractivity contribution is 5.61. The lowest BCUT2D eigenvalue weighted by atomic mass is 9.82. The van der Waals surface area contributed by atoms with Crippen LogP contribution in [0.15, 0.2) is 59.7 Å². The second kappa shape index (κ2) is 6.87. The molecule has 5 rings (SSSR count). The van der Waals surface area contributed by atoms with Gasteiger partial charge < -0.3 is 10.3 Å². The summed E-state index contributed by atoms with van der Waals surface area (Å²) in [5.41, 5.74) is 9.84. The van der Waals surface area contributed by atoms with Crippen molar-refractivity contribution in [3.8, 4) is 11.3 Å². The normalized spacial score (nSPS) is 21.3. The molecule has 1 fully saturated rings. The molecule has 2 N–H and O–H groups in total. The zero-order valence-electron chi connectivity index (χ0n) is 15.7. The Morgan fingerprint density at radius 2 is 1.89 bits per heavy atom. The van der Waals surface area contributed by atoms with Crippen molar-refractivity contribution in [2.45, 2.75) is 25.4 Å². The topological polar surface area (TPSA) is 77.0 Å². The van der Waals surface area contributed by atoms with Crippen LogP contribution in [0.5, 0.6) is 0 Å². The molecule has 0 radical (unpaired) electrons. The standard InChI is InChI=1S/C22H23N5O/c23-21-9-19(24-14-25-21)17-7-20-18-6-16(12-27(20)22(28)8-17)11-26(13-18)10-15-4-2-1-3-5-15/h1-5,7-9,14,16,18H,6,10-13H2,(H2,23,24,25)/t16-,18+/m0/s1. The number of rotatable bonds is 3. The Bertz CT molecular complexity index is 1060. The van der Waals surface area contributed by atoms with Gasteiger partial charge >= 0.3 is 0 Å². The average Bonchev–Trinajstić information content (AvgIpc) is 2.69. The van der Waals surface area contributed by atoms with Crippen molar-refractivity contribution in [2.24, 2.45) is 5.92 Å². The number of pyridine rings is 1. The van der Waals surface area contributed by atoms with Crippen LogP contribution in [0.2, 0.25) is 0 Å². The number of hydrogen-bond acceptors (Lipinski definition) is 5. The van der Waals surface area contributed by atoms with E-state index in [0.717, 1.165) is 43.9 Å². The third-order valence-corrected chi connectivity index (χ3v) is 5.86. The lowest BCUT2D eigenvalue weighted by Gasteiger charge is -2.43. The predicted molar refractivity (Wildman–Crippen MR) is 109 cm³/mol. The molecule has 1 saturated heterocycles. The van der Waals surface area contributed by atoms with E-state index in [4.69, 9.17) is 5.73 Å². The quantitative estimate of drug-likeness (QED) is 0.763. The second-order valence-electron chi connectivity index (χ2n) is 7.92. The number of hydrogen-bond donors (Lipinski definition) is 1. The Balaban J connectivity index is 1.47. The van der Waals surface area contributed by atoms with Crippen LogP contribution in [0.1, 0.15) is 23.6 Å². The van der Waals surface area contributed by atoms with Crippen LogP contribution in [-0.2, 0) is 13.1 Å². The molecule has 2 bridgehead atoms. The van der Waals surface area contributed by atoms with Crippen molar-refractivity contribution in [1.29, 1.82) is 0 Å². The molecule has 2 aromatic heterocycles. The summed E-state index contributed by atoms with van der Waals surface area (Å²) in [5, 5.41) is 0. The van der Waals surface area contributed by atoms with E-state index in [-0.39, 0.29) is 5.56 Å². The molecule has 0 amide bonds. The molecule has 6 heteroatoms. The fourth-order valence-corrected chi connectivity index (χ4v) is 4.71. The summed E-state index contributed by atoms with van der Waals surface area (Å²) in [6.07, 6.45) is 2.58.